The summed E-state index contributed by atoms with van der Waals surface area (Å²) >= 11 is 0. The lowest BCUT2D eigenvalue weighted by molar-refractivity contribution is -0.163. The molecule has 4 nitrogen and oxygen atoms in total. The summed E-state index contributed by atoms with van der Waals surface area (Å²) in [6.07, 6.45) is 7.95. The SMILES string of the molecule is O=C(O)C12CCC(C(=O)NCC(F)C3CCCCC3)(CC1)CC2. The smallest absolute Gasteiger partial charge is 0.309 e. The van der Waals surface area contributed by atoms with Crippen LogP contribution in [0.15, 0.2) is 0 Å². The van der Waals surface area contributed by atoms with E-state index < -0.39 is 23.0 Å². The van der Waals surface area contributed by atoms with E-state index in [1.165, 1.54) is 6.42 Å². The summed E-state index contributed by atoms with van der Waals surface area (Å²) in [6.45, 7) is 0.120. The normalized spacial score (nSPS) is 35.7. The standard InChI is InChI=1S/C18H28FNO3/c19-14(13-4-2-1-3-5-13)12-20-15(21)17-6-9-18(10-7-17,11-8-17)16(22)23/h13-14H,1-12H2,(H,20,21)(H,22,23). The van der Waals surface area contributed by atoms with E-state index in [4.69, 9.17) is 0 Å². The molecule has 0 heterocycles. The zero-order chi connectivity index (χ0) is 16.5. The Kier molecular flexibility index (Phi) is 4.65. The lowest BCUT2D eigenvalue weighted by Crippen LogP contribution is -2.53. The van der Waals surface area contributed by atoms with Crippen molar-refractivity contribution in [1.82, 2.24) is 5.32 Å². The molecule has 4 aliphatic carbocycles. The van der Waals surface area contributed by atoms with Crippen molar-refractivity contribution in [3.05, 3.63) is 0 Å². The predicted molar refractivity (Wildman–Crippen MR) is 84.7 cm³/mol. The number of carbonyl (C=O) groups excluding carboxylic acids is 1. The molecule has 0 radical (unpaired) electrons. The molecule has 0 spiro atoms. The molecule has 2 bridgehead atoms. The van der Waals surface area contributed by atoms with E-state index in [1.807, 2.05) is 0 Å². The summed E-state index contributed by atoms with van der Waals surface area (Å²) < 4.78 is 14.3. The van der Waals surface area contributed by atoms with Crippen LogP contribution in [0.2, 0.25) is 0 Å². The van der Waals surface area contributed by atoms with Crippen molar-refractivity contribution >= 4 is 11.9 Å². The number of carboxylic acids is 1. The molecule has 1 amide bonds. The third kappa shape index (κ3) is 3.11. The molecule has 4 aliphatic rings. The number of rotatable bonds is 5. The van der Waals surface area contributed by atoms with Crippen molar-refractivity contribution in [3.63, 3.8) is 0 Å². The van der Waals surface area contributed by atoms with Gasteiger partial charge in [-0.25, -0.2) is 4.39 Å². The van der Waals surface area contributed by atoms with Crippen molar-refractivity contribution in [2.45, 2.75) is 76.8 Å². The van der Waals surface area contributed by atoms with E-state index in [9.17, 15) is 19.1 Å². The van der Waals surface area contributed by atoms with Gasteiger partial charge < -0.3 is 10.4 Å². The first-order valence-electron chi connectivity index (χ1n) is 9.13. The van der Waals surface area contributed by atoms with E-state index in [0.29, 0.717) is 38.5 Å². The maximum absolute atomic E-state index is 14.3. The Labute approximate surface area is 137 Å². The van der Waals surface area contributed by atoms with Crippen LogP contribution < -0.4 is 5.32 Å². The Bertz CT molecular complexity index is 448. The highest BCUT2D eigenvalue weighted by Gasteiger charge is 2.55. The van der Waals surface area contributed by atoms with Crippen LogP contribution in [0, 0.1) is 16.7 Å². The molecule has 0 aliphatic heterocycles. The fraction of sp³-hybridized carbons (Fsp3) is 0.889. The number of hydrogen-bond acceptors (Lipinski definition) is 2. The molecule has 0 aromatic heterocycles. The molecule has 1 unspecified atom stereocenters. The topological polar surface area (TPSA) is 66.4 Å². The van der Waals surface area contributed by atoms with Crippen LogP contribution >= 0.6 is 0 Å². The van der Waals surface area contributed by atoms with E-state index >= 15 is 0 Å². The second kappa shape index (κ2) is 6.40. The Hall–Kier alpha value is -1.13. The first-order valence-corrected chi connectivity index (χ1v) is 9.13. The Morgan fingerprint density at radius 1 is 1.00 bits per heavy atom. The second-order valence-electron chi connectivity index (χ2n) is 7.99. The number of amides is 1. The van der Waals surface area contributed by atoms with E-state index in [0.717, 1.165) is 25.7 Å². The molecule has 1 atom stereocenters. The van der Waals surface area contributed by atoms with Gasteiger partial charge in [-0.05, 0) is 57.3 Å². The largest absolute Gasteiger partial charge is 0.481 e. The number of aliphatic carboxylic acids is 1. The lowest BCUT2D eigenvalue weighted by atomic mass is 9.53. The molecule has 0 saturated heterocycles. The van der Waals surface area contributed by atoms with E-state index in [-0.39, 0.29) is 18.4 Å². The monoisotopic (exact) mass is 325 g/mol. The third-order valence-electron chi connectivity index (χ3n) is 6.80. The highest BCUT2D eigenvalue weighted by Crippen LogP contribution is 2.57. The summed E-state index contributed by atoms with van der Waals surface area (Å²) in [7, 11) is 0. The van der Waals surface area contributed by atoms with Crippen LogP contribution in [0.25, 0.3) is 0 Å². The van der Waals surface area contributed by atoms with Crippen LogP contribution in [0.3, 0.4) is 0 Å². The minimum absolute atomic E-state index is 0.0466. The van der Waals surface area contributed by atoms with Crippen LogP contribution in [-0.4, -0.2) is 29.7 Å². The highest BCUT2D eigenvalue weighted by molar-refractivity contribution is 5.84. The number of hydrogen-bond donors (Lipinski definition) is 2. The van der Waals surface area contributed by atoms with Gasteiger partial charge in [0.1, 0.15) is 6.17 Å². The fourth-order valence-electron chi connectivity index (χ4n) is 4.89. The van der Waals surface area contributed by atoms with Gasteiger partial charge in [-0.1, -0.05) is 19.3 Å². The van der Waals surface area contributed by atoms with Crippen LogP contribution in [-0.2, 0) is 9.59 Å². The van der Waals surface area contributed by atoms with Crippen molar-refractivity contribution in [3.8, 4) is 0 Å². The molecule has 4 saturated carbocycles. The van der Waals surface area contributed by atoms with Gasteiger partial charge >= 0.3 is 5.97 Å². The first-order chi connectivity index (χ1) is 11.0. The maximum Gasteiger partial charge on any atom is 0.309 e. The Morgan fingerprint density at radius 3 is 2.04 bits per heavy atom. The molecule has 5 heteroatoms. The number of carbonyl (C=O) groups is 2. The zero-order valence-electron chi connectivity index (χ0n) is 13.8. The molecule has 0 aromatic carbocycles. The van der Waals surface area contributed by atoms with Crippen LogP contribution in [0.5, 0.6) is 0 Å². The van der Waals surface area contributed by atoms with Gasteiger partial charge in [0.25, 0.3) is 0 Å². The summed E-state index contributed by atoms with van der Waals surface area (Å²) in [5.41, 5.74) is -1.05. The average Bonchev–Trinajstić information content (AvgIpc) is 2.61. The van der Waals surface area contributed by atoms with Crippen molar-refractivity contribution < 1.29 is 19.1 Å². The van der Waals surface area contributed by atoms with Crippen molar-refractivity contribution in [2.75, 3.05) is 6.54 Å². The summed E-state index contributed by atoms with van der Waals surface area (Å²) in [6, 6.07) is 0. The minimum Gasteiger partial charge on any atom is -0.481 e. The van der Waals surface area contributed by atoms with Crippen LogP contribution in [0.1, 0.15) is 70.6 Å². The van der Waals surface area contributed by atoms with Gasteiger partial charge in [0.05, 0.1) is 5.41 Å². The number of halogens is 1. The van der Waals surface area contributed by atoms with E-state index in [2.05, 4.69) is 5.32 Å². The molecular formula is C18H28FNO3. The summed E-state index contributed by atoms with van der Waals surface area (Å²) in [5, 5.41) is 12.3. The zero-order valence-corrected chi connectivity index (χ0v) is 13.8. The van der Waals surface area contributed by atoms with Gasteiger partial charge in [-0.3, -0.25) is 9.59 Å². The van der Waals surface area contributed by atoms with Crippen molar-refractivity contribution in [2.24, 2.45) is 16.7 Å². The molecule has 4 rings (SSSR count). The Morgan fingerprint density at radius 2 is 1.52 bits per heavy atom. The second-order valence-corrected chi connectivity index (χ2v) is 7.99. The summed E-state index contributed by atoms with van der Waals surface area (Å²) in [5.74, 6) is -0.666. The quantitative estimate of drug-likeness (QED) is 0.813. The number of carboxylic acid groups (broad SMARTS) is 1. The average molecular weight is 325 g/mol. The fourth-order valence-corrected chi connectivity index (χ4v) is 4.89. The number of fused-ring (bicyclic) bond motifs is 3. The molecular weight excluding hydrogens is 297 g/mol. The lowest BCUT2D eigenvalue weighted by Gasteiger charge is -2.50. The molecule has 0 aromatic rings. The molecule has 2 N–H and O–H groups in total. The van der Waals surface area contributed by atoms with Crippen LogP contribution in [0.4, 0.5) is 4.39 Å². The maximum atomic E-state index is 14.3. The molecule has 23 heavy (non-hydrogen) atoms. The number of alkyl halides is 1. The van der Waals surface area contributed by atoms with Crippen molar-refractivity contribution in [1.29, 1.82) is 0 Å². The van der Waals surface area contributed by atoms with Gasteiger partial charge in [-0.2, -0.15) is 0 Å². The number of nitrogens with one attached hydrogen (secondary N) is 1. The first kappa shape index (κ1) is 16.7. The van der Waals surface area contributed by atoms with Gasteiger partial charge in [0.2, 0.25) is 5.91 Å². The minimum atomic E-state index is -0.944. The predicted octanol–water partition coefficient (Wildman–Crippen LogP) is 3.45. The molecule has 130 valence electrons. The van der Waals surface area contributed by atoms with E-state index in [1.54, 1.807) is 0 Å². The van der Waals surface area contributed by atoms with Gasteiger partial charge in [0, 0.05) is 12.0 Å². The Balaban J connectivity index is 1.52. The molecule has 4 fully saturated rings. The van der Waals surface area contributed by atoms with Gasteiger partial charge in [0.15, 0.2) is 0 Å². The third-order valence-corrected chi connectivity index (χ3v) is 6.80. The summed E-state index contributed by atoms with van der Waals surface area (Å²) in [4.78, 5) is 24.1. The van der Waals surface area contributed by atoms with Gasteiger partial charge in [-0.15, -0.1) is 0 Å². The highest BCUT2D eigenvalue weighted by atomic mass is 19.1.